The Morgan fingerprint density at radius 1 is 1.11 bits per heavy atom. The fraction of sp³-hybridized carbons (Fsp3) is 0.429. The Morgan fingerprint density at radius 3 is 2.47 bits per heavy atom. The molecule has 0 bridgehead atoms. The van der Waals surface area contributed by atoms with Crippen LogP contribution in [-0.4, -0.2) is 35.0 Å². The average molecular weight is 270 g/mol. The van der Waals surface area contributed by atoms with Crippen molar-refractivity contribution in [3.8, 4) is 0 Å². The van der Waals surface area contributed by atoms with Gasteiger partial charge in [-0.2, -0.15) is 0 Å². The van der Waals surface area contributed by atoms with E-state index in [1.54, 1.807) is 0 Å². The van der Waals surface area contributed by atoms with E-state index in [0.29, 0.717) is 0 Å². The number of hydrogen-bond acceptors (Lipinski definition) is 3. The largest absolute Gasteiger partial charge is 0.386 e. The Morgan fingerprint density at radius 2 is 1.79 bits per heavy atom. The summed E-state index contributed by atoms with van der Waals surface area (Å²) in [4.78, 5) is 0. The Labute approximate surface area is 110 Å². The molecule has 0 aliphatic heterocycles. The normalized spacial score (nSPS) is 29.4. The van der Waals surface area contributed by atoms with E-state index in [2.05, 4.69) is 0 Å². The van der Waals surface area contributed by atoms with Crippen molar-refractivity contribution < 1.29 is 23.7 Å². The van der Waals surface area contributed by atoms with Crippen LogP contribution in [0.4, 0.5) is 8.78 Å². The quantitative estimate of drug-likeness (QED) is 0.819. The Bertz CT molecular complexity index is 434. The number of aliphatic hydroxyl groups is 2. The van der Waals surface area contributed by atoms with E-state index in [1.807, 2.05) is 30.3 Å². The molecule has 3 nitrogen and oxygen atoms in total. The highest BCUT2D eigenvalue weighted by Crippen LogP contribution is 2.35. The summed E-state index contributed by atoms with van der Waals surface area (Å²) < 4.78 is 32.6. The Hall–Kier alpha value is -1.30. The molecule has 5 heteroatoms. The molecule has 0 spiro atoms. The van der Waals surface area contributed by atoms with Gasteiger partial charge in [-0.3, -0.25) is 0 Å². The zero-order valence-corrected chi connectivity index (χ0v) is 10.2. The summed E-state index contributed by atoms with van der Waals surface area (Å²) in [6.07, 6.45) is -1.23. The molecule has 0 fully saturated rings. The van der Waals surface area contributed by atoms with Crippen LogP contribution < -0.4 is 0 Å². The zero-order chi connectivity index (χ0) is 13.9. The fourth-order valence-corrected chi connectivity index (χ4v) is 1.97. The Balaban J connectivity index is 1.91. The lowest BCUT2D eigenvalue weighted by molar-refractivity contribution is -0.180. The van der Waals surface area contributed by atoms with Gasteiger partial charge < -0.3 is 14.9 Å². The third kappa shape index (κ3) is 3.18. The van der Waals surface area contributed by atoms with E-state index in [0.717, 1.165) is 5.56 Å². The van der Waals surface area contributed by atoms with Crippen LogP contribution >= 0.6 is 0 Å². The maximum atomic E-state index is 13.7. The van der Waals surface area contributed by atoms with Crippen molar-refractivity contribution in [2.24, 2.45) is 5.92 Å². The predicted molar refractivity (Wildman–Crippen MR) is 65.7 cm³/mol. The van der Waals surface area contributed by atoms with Crippen molar-refractivity contribution in [3.05, 3.63) is 48.0 Å². The van der Waals surface area contributed by atoms with Crippen LogP contribution in [0.5, 0.6) is 0 Å². The van der Waals surface area contributed by atoms with E-state index < -0.39 is 24.0 Å². The molecule has 0 amide bonds. The van der Waals surface area contributed by atoms with Crippen molar-refractivity contribution in [2.75, 3.05) is 6.61 Å². The molecule has 19 heavy (non-hydrogen) atoms. The lowest BCUT2D eigenvalue weighted by Crippen LogP contribution is -2.50. The van der Waals surface area contributed by atoms with Gasteiger partial charge in [0.1, 0.15) is 12.2 Å². The number of ether oxygens (including phenoxy) is 1. The van der Waals surface area contributed by atoms with E-state index in [4.69, 9.17) is 4.74 Å². The molecule has 3 atom stereocenters. The number of rotatable bonds is 4. The molecule has 1 aliphatic rings. The smallest absolute Gasteiger partial charge is 0.284 e. The van der Waals surface area contributed by atoms with Crippen LogP contribution in [0, 0.1) is 5.92 Å². The standard InChI is InChI=1S/C14H16F2O3/c15-14(16)11(6-7-12(17)13(14)18)9-19-8-10-4-2-1-3-5-10/h1-7,11-13,17-18H,8-9H2/t11-,12+,13+/m1/s1. The summed E-state index contributed by atoms with van der Waals surface area (Å²) >= 11 is 0. The molecular formula is C14H16F2O3. The third-order valence-electron chi connectivity index (χ3n) is 3.16. The van der Waals surface area contributed by atoms with Gasteiger partial charge in [0, 0.05) is 0 Å². The summed E-state index contributed by atoms with van der Waals surface area (Å²) in [7, 11) is 0. The average Bonchev–Trinajstić information content (AvgIpc) is 2.40. The molecule has 2 rings (SSSR count). The lowest BCUT2D eigenvalue weighted by Gasteiger charge is -2.34. The van der Waals surface area contributed by atoms with Crippen molar-refractivity contribution in [1.82, 2.24) is 0 Å². The first-order valence-corrected chi connectivity index (χ1v) is 6.05. The van der Waals surface area contributed by atoms with Crippen LogP contribution in [0.1, 0.15) is 5.56 Å². The van der Waals surface area contributed by atoms with Gasteiger partial charge in [-0.25, -0.2) is 8.78 Å². The molecule has 0 radical (unpaired) electrons. The number of aliphatic hydroxyl groups excluding tert-OH is 2. The van der Waals surface area contributed by atoms with Crippen LogP contribution in [0.3, 0.4) is 0 Å². The maximum Gasteiger partial charge on any atom is 0.284 e. The van der Waals surface area contributed by atoms with Crippen molar-refractivity contribution >= 4 is 0 Å². The SMILES string of the molecule is O[C@H]1C=C[C@H](COCc2ccccc2)C(F)(F)[C@H]1O. The van der Waals surface area contributed by atoms with Gasteiger partial charge in [0.05, 0.1) is 19.1 Å². The van der Waals surface area contributed by atoms with Crippen molar-refractivity contribution in [1.29, 1.82) is 0 Å². The summed E-state index contributed by atoms with van der Waals surface area (Å²) in [5.41, 5.74) is 0.895. The van der Waals surface area contributed by atoms with Crippen LogP contribution in [0.25, 0.3) is 0 Å². The third-order valence-corrected chi connectivity index (χ3v) is 3.16. The molecule has 0 unspecified atom stereocenters. The van der Waals surface area contributed by atoms with Gasteiger partial charge in [-0.1, -0.05) is 42.5 Å². The minimum atomic E-state index is -3.38. The first kappa shape index (κ1) is 14.1. The van der Waals surface area contributed by atoms with Gasteiger partial charge in [-0.15, -0.1) is 0 Å². The highest BCUT2D eigenvalue weighted by atomic mass is 19.3. The van der Waals surface area contributed by atoms with E-state index in [1.165, 1.54) is 12.2 Å². The maximum absolute atomic E-state index is 13.7. The number of halogens is 2. The molecule has 1 aromatic carbocycles. The van der Waals surface area contributed by atoms with Gasteiger partial charge in [0.25, 0.3) is 5.92 Å². The molecule has 104 valence electrons. The lowest BCUT2D eigenvalue weighted by atomic mass is 9.88. The molecule has 0 saturated carbocycles. The summed E-state index contributed by atoms with van der Waals surface area (Å²) in [5.74, 6) is -4.61. The van der Waals surface area contributed by atoms with Crippen molar-refractivity contribution in [3.63, 3.8) is 0 Å². The monoisotopic (exact) mass is 270 g/mol. The fourth-order valence-electron chi connectivity index (χ4n) is 1.97. The predicted octanol–water partition coefficient (Wildman–Crippen LogP) is 1.75. The first-order valence-electron chi connectivity index (χ1n) is 6.05. The van der Waals surface area contributed by atoms with Gasteiger partial charge in [0.15, 0.2) is 0 Å². The minimum absolute atomic E-state index is 0.206. The first-order chi connectivity index (χ1) is 9.01. The van der Waals surface area contributed by atoms with Gasteiger partial charge >= 0.3 is 0 Å². The van der Waals surface area contributed by atoms with Gasteiger partial charge in [-0.05, 0) is 5.56 Å². The van der Waals surface area contributed by atoms with Crippen LogP contribution in [0.15, 0.2) is 42.5 Å². The number of hydrogen-bond donors (Lipinski definition) is 2. The van der Waals surface area contributed by atoms with E-state index >= 15 is 0 Å². The summed E-state index contributed by atoms with van der Waals surface area (Å²) in [6, 6.07) is 9.22. The highest BCUT2D eigenvalue weighted by molar-refractivity contribution is 5.14. The topological polar surface area (TPSA) is 49.7 Å². The molecular weight excluding hydrogens is 254 g/mol. The van der Waals surface area contributed by atoms with Crippen LogP contribution in [0.2, 0.25) is 0 Å². The second kappa shape index (κ2) is 5.77. The summed E-state index contributed by atoms with van der Waals surface area (Å²) in [6.45, 7) is 0.0298. The molecule has 0 saturated heterocycles. The number of benzene rings is 1. The zero-order valence-electron chi connectivity index (χ0n) is 10.2. The van der Waals surface area contributed by atoms with E-state index in [-0.39, 0.29) is 13.2 Å². The molecule has 0 heterocycles. The Kier molecular flexibility index (Phi) is 4.29. The second-order valence-corrected chi connectivity index (χ2v) is 4.60. The molecule has 2 N–H and O–H groups in total. The van der Waals surface area contributed by atoms with E-state index in [9.17, 15) is 19.0 Å². The molecule has 0 aromatic heterocycles. The molecule has 1 aromatic rings. The minimum Gasteiger partial charge on any atom is -0.386 e. The number of alkyl halides is 2. The second-order valence-electron chi connectivity index (χ2n) is 4.60. The van der Waals surface area contributed by atoms with Gasteiger partial charge in [0.2, 0.25) is 0 Å². The summed E-state index contributed by atoms with van der Waals surface area (Å²) in [5, 5.41) is 18.5. The van der Waals surface area contributed by atoms with Crippen molar-refractivity contribution in [2.45, 2.75) is 24.7 Å². The van der Waals surface area contributed by atoms with Crippen LogP contribution in [-0.2, 0) is 11.3 Å². The molecule has 1 aliphatic carbocycles. The highest BCUT2D eigenvalue weighted by Gasteiger charge is 2.50.